The number of benzene rings is 2. The maximum atomic E-state index is 5.40. The summed E-state index contributed by atoms with van der Waals surface area (Å²) in [6.45, 7) is 5.24. The second-order valence-corrected chi connectivity index (χ2v) is 9.65. The fraction of sp³-hybridized carbons (Fsp3) is 0.316. The Bertz CT molecular complexity index is 565. The summed E-state index contributed by atoms with van der Waals surface area (Å²) >= 11 is 5.29. The third kappa shape index (κ3) is 9.02. The van der Waals surface area contributed by atoms with Crippen molar-refractivity contribution < 1.29 is 9.47 Å². The first kappa shape index (κ1) is 21.6. The van der Waals surface area contributed by atoms with Crippen molar-refractivity contribution >= 4 is 51.6 Å². The Morgan fingerprint density at radius 3 is 1.40 bits per heavy atom. The van der Waals surface area contributed by atoms with Crippen LogP contribution >= 0.6 is 12.2 Å². The summed E-state index contributed by atoms with van der Waals surface area (Å²) < 4.78 is 15.5. The predicted molar refractivity (Wildman–Crippen MR) is 114 cm³/mol. The average molecular weight is 462 g/mol. The Hall–Kier alpha value is -1.40. The van der Waals surface area contributed by atoms with Crippen LogP contribution in [0.2, 0.25) is 9.36 Å². The number of ether oxygens (including phenoxy) is 2. The molecule has 6 heteroatoms. The molecule has 2 N–H and O–H groups in total. The summed E-state index contributed by atoms with van der Waals surface area (Å²) in [5, 5.41) is 6.80. The van der Waals surface area contributed by atoms with Crippen LogP contribution in [-0.2, 0) is 0 Å². The van der Waals surface area contributed by atoms with Crippen molar-refractivity contribution in [1.82, 2.24) is 0 Å². The quantitative estimate of drug-likeness (QED) is 0.604. The molecule has 0 heterocycles. The Kier molecular flexibility index (Phi) is 11.2. The van der Waals surface area contributed by atoms with E-state index >= 15 is 0 Å². The molecule has 0 saturated heterocycles. The van der Waals surface area contributed by atoms with Gasteiger partial charge < -0.3 is 20.1 Å². The Morgan fingerprint density at radius 2 is 1.12 bits per heavy atom. The molecule has 0 radical (unpaired) electrons. The molecule has 0 saturated carbocycles. The summed E-state index contributed by atoms with van der Waals surface area (Å²) in [6.07, 6.45) is 0. The average Bonchev–Trinajstić information content (AvgIpc) is 2.60. The normalized spacial score (nSPS) is 9.28. The van der Waals surface area contributed by atoms with Crippen molar-refractivity contribution in [2.45, 2.75) is 23.2 Å². The van der Waals surface area contributed by atoms with Crippen LogP contribution in [-0.4, -0.2) is 41.2 Å². The van der Waals surface area contributed by atoms with E-state index in [9.17, 15) is 0 Å². The summed E-state index contributed by atoms with van der Waals surface area (Å²) in [6, 6.07) is 15.3. The van der Waals surface area contributed by atoms with Crippen LogP contribution in [0.3, 0.4) is 0 Å². The van der Waals surface area contributed by atoms with E-state index in [0.29, 0.717) is 18.3 Å². The minimum absolute atomic E-state index is 0.01000. The molecule has 0 unspecified atom stereocenters. The van der Waals surface area contributed by atoms with Gasteiger partial charge in [-0.3, -0.25) is 0 Å². The van der Waals surface area contributed by atoms with Gasteiger partial charge in [0.25, 0.3) is 0 Å². The third-order valence-electron chi connectivity index (χ3n) is 2.85. The monoisotopic (exact) mass is 462 g/mol. The Balaban J connectivity index is 0.000000970. The summed E-state index contributed by atoms with van der Waals surface area (Å²) in [5.74, 6) is 1.69. The molecule has 0 aliphatic rings. The minimum atomic E-state index is -0.01000. The second-order valence-electron chi connectivity index (χ2n) is 5.20. The fourth-order valence-corrected chi connectivity index (χ4v) is 2.13. The predicted octanol–water partition coefficient (Wildman–Crippen LogP) is 4.81. The van der Waals surface area contributed by atoms with E-state index in [-0.39, 0.29) is 22.9 Å². The molecule has 0 aliphatic heterocycles. The van der Waals surface area contributed by atoms with Gasteiger partial charge in [0.15, 0.2) is 5.11 Å². The first-order valence-corrected chi connectivity index (χ1v) is 17.1. The van der Waals surface area contributed by atoms with Gasteiger partial charge in [-0.2, -0.15) is 0 Å². The van der Waals surface area contributed by atoms with Gasteiger partial charge in [-0.15, -0.1) is 0 Å². The van der Waals surface area contributed by atoms with Gasteiger partial charge in [0, 0.05) is 11.4 Å². The van der Waals surface area contributed by atoms with Crippen LogP contribution in [0.25, 0.3) is 0 Å². The molecule has 0 spiro atoms. The van der Waals surface area contributed by atoms with Crippen molar-refractivity contribution in [2.75, 3.05) is 23.8 Å². The van der Waals surface area contributed by atoms with E-state index in [2.05, 4.69) is 20.0 Å². The molecule has 0 atom stereocenters. The van der Waals surface area contributed by atoms with Gasteiger partial charge >= 0.3 is 32.3 Å². The maximum absolute atomic E-state index is 5.40. The van der Waals surface area contributed by atoms with Gasteiger partial charge in [-0.25, -0.2) is 0 Å². The molecule has 134 valence electrons. The van der Waals surface area contributed by atoms with Crippen LogP contribution in [0.15, 0.2) is 48.5 Å². The van der Waals surface area contributed by atoms with Crippen LogP contribution in [0.1, 0.15) is 13.8 Å². The number of nitrogens with one attached hydrogen (secondary N) is 2. The molecule has 25 heavy (non-hydrogen) atoms. The second kappa shape index (κ2) is 12.9. The van der Waals surface area contributed by atoms with E-state index in [4.69, 9.17) is 21.7 Å². The van der Waals surface area contributed by atoms with Crippen LogP contribution in [0, 0.1) is 0 Å². The summed E-state index contributed by atoms with van der Waals surface area (Å²) in [5.41, 5.74) is 1.82. The molecule has 2 aromatic carbocycles. The van der Waals surface area contributed by atoms with E-state index in [1.165, 1.54) is 0 Å². The van der Waals surface area contributed by atoms with E-state index in [0.717, 1.165) is 22.9 Å². The molecule has 0 bridgehead atoms. The van der Waals surface area contributed by atoms with Gasteiger partial charge in [-0.05, 0) is 74.6 Å². The third-order valence-corrected chi connectivity index (χ3v) is 3.05. The van der Waals surface area contributed by atoms with Gasteiger partial charge in [-0.1, -0.05) is 0 Å². The number of thiocarbonyl (C=S) groups is 1. The first-order valence-electron chi connectivity index (χ1n) is 8.66. The van der Waals surface area contributed by atoms with Crippen molar-refractivity contribution in [3.8, 4) is 11.5 Å². The van der Waals surface area contributed by atoms with Crippen LogP contribution in [0.5, 0.6) is 11.5 Å². The molecule has 2 rings (SSSR count). The Labute approximate surface area is 167 Å². The van der Waals surface area contributed by atoms with E-state index in [1.54, 1.807) is 0 Å². The van der Waals surface area contributed by atoms with E-state index < -0.39 is 0 Å². The van der Waals surface area contributed by atoms with Gasteiger partial charge in [0.05, 0.1) is 13.2 Å². The molecule has 4 nitrogen and oxygen atoms in total. The molecule has 0 fully saturated rings. The zero-order valence-electron chi connectivity index (χ0n) is 15.5. The van der Waals surface area contributed by atoms with Crippen molar-refractivity contribution in [3.63, 3.8) is 0 Å². The number of rotatable bonds is 6. The summed E-state index contributed by atoms with van der Waals surface area (Å²) in [7, 11) is 0. The molecular weight excluding hydrogens is 435 g/mol. The van der Waals surface area contributed by atoms with E-state index in [1.807, 2.05) is 62.4 Å². The zero-order valence-corrected chi connectivity index (χ0v) is 20.3. The van der Waals surface area contributed by atoms with Gasteiger partial charge in [0.1, 0.15) is 11.5 Å². The fourth-order valence-electron chi connectivity index (χ4n) is 1.90. The van der Waals surface area contributed by atoms with Crippen LogP contribution < -0.4 is 20.1 Å². The standard InChI is InChI=1S/C17H20N2O2S.2CH3.In.H/c1-3-20-15-9-5-13(6-10-15)18-17(22)19-14-7-11-16(12-8-14)21-4-2;;;;/h5-12H,3-4H2,1-2H3,(H2,18,19,22);2*1H3;;. The van der Waals surface area contributed by atoms with Crippen molar-refractivity contribution in [2.24, 2.45) is 0 Å². The SMILES string of the molecule is CCOc1ccc(NC(=S)Nc2ccc(OCC)cc2)cc1.[CH3][InH][CH3]. The summed E-state index contributed by atoms with van der Waals surface area (Å²) in [4.78, 5) is 0. The molecule has 0 aromatic heterocycles. The molecular formula is C19H27InN2O2S. The first-order chi connectivity index (χ1) is 12.1. The van der Waals surface area contributed by atoms with Crippen molar-refractivity contribution in [3.05, 3.63) is 48.5 Å². The number of hydrogen-bond donors (Lipinski definition) is 2. The van der Waals surface area contributed by atoms with Gasteiger partial charge in [0.2, 0.25) is 0 Å². The molecule has 0 amide bonds. The number of hydrogen-bond acceptors (Lipinski definition) is 3. The zero-order chi connectivity index (χ0) is 18.5. The number of anilines is 2. The Morgan fingerprint density at radius 1 is 0.800 bits per heavy atom. The van der Waals surface area contributed by atoms with Crippen molar-refractivity contribution in [1.29, 1.82) is 0 Å². The molecule has 2 aromatic rings. The molecule has 0 aliphatic carbocycles. The van der Waals surface area contributed by atoms with Crippen LogP contribution in [0.4, 0.5) is 11.4 Å². The topological polar surface area (TPSA) is 42.5 Å².